The highest BCUT2D eigenvalue weighted by Crippen LogP contribution is 2.40. The van der Waals surface area contributed by atoms with Crippen LogP contribution < -0.4 is 15.2 Å². The Hall–Kier alpha value is -3.16. The van der Waals surface area contributed by atoms with Gasteiger partial charge in [-0.3, -0.25) is 9.47 Å². The van der Waals surface area contributed by atoms with Crippen LogP contribution in [0.4, 0.5) is 8.78 Å². The quantitative estimate of drug-likeness (QED) is 0.640. The fourth-order valence-electron chi connectivity index (χ4n) is 3.79. The molecule has 1 aromatic carbocycles. The number of fused-ring (bicyclic) bond motifs is 3. The van der Waals surface area contributed by atoms with Gasteiger partial charge in [0.2, 0.25) is 0 Å². The second-order valence-corrected chi connectivity index (χ2v) is 8.48. The lowest BCUT2D eigenvalue weighted by Crippen LogP contribution is -2.51. The number of halogens is 2. The molecule has 0 spiro atoms. The third-order valence-corrected chi connectivity index (χ3v) is 5.39. The summed E-state index contributed by atoms with van der Waals surface area (Å²) in [6.45, 7) is 6.00. The van der Waals surface area contributed by atoms with Crippen molar-refractivity contribution in [2.24, 2.45) is 0 Å². The van der Waals surface area contributed by atoms with Crippen molar-refractivity contribution in [3.05, 3.63) is 58.1 Å². The van der Waals surface area contributed by atoms with E-state index < -0.39 is 6.55 Å². The third-order valence-electron chi connectivity index (χ3n) is 5.39. The zero-order valence-electron chi connectivity index (χ0n) is 17.6. The molecule has 2 aromatic heterocycles. The van der Waals surface area contributed by atoms with Crippen LogP contribution in [0.1, 0.15) is 38.4 Å². The van der Waals surface area contributed by atoms with E-state index >= 15 is 0 Å². The number of ether oxygens (including phenoxy) is 1. The van der Waals surface area contributed by atoms with Crippen LogP contribution in [0.25, 0.3) is 22.4 Å². The Bertz CT molecular complexity index is 1170. The summed E-state index contributed by atoms with van der Waals surface area (Å²) < 4.78 is 34.2. The van der Waals surface area contributed by atoms with Crippen molar-refractivity contribution in [2.45, 2.75) is 46.3 Å². The van der Waals surface area contributed by atoms with Gasteiger partial charge in [-0.1, -0.05) is 0 Å². The van der Waals surface area contributed by atoms with Gasteiger partial charge < -0.3 is 9.75 Å². The standard InChI is InChI=1S/C22H24F2N4O2/c1-13-10-27-18(8-19(13)29)16-7-20(30-5)17(15-9-25-26(11-15)21(23)24)6-14(16)12-28(27)22(2,3)4/h6-11,21H,12H2,1-5H3. The molecule has 158 valence electrons. The van der Waals surface area contributed by atoms with Crippen molar-refractivity contribution < 1.29 is 13.5 Å². The van der Waals surface area contributed by atoms with E-state index in [0.717, 1.165) is 16.8 Å². The lowest BCUT2D eigenvalue weighted by atomic mass is 9.94. The molecule has 6 nitrogen and oxygen atoms in total. The molecule has 0 saturated carbocycles. The molecule has 1 aliphatic rings. The number of benzene rings is 1. The Balaban J connectivity index is 1.95. The second kappa shape index (κ2) is 6.97. The van der Waals surface area contributed by atoms with E-state index in [1.807, 2.05) is 23.0 Å². The van der Waals surface area contributed by atoms with E-state index in [1.165, 1.54) is 19.5 Å². The molecular formula is C22H24F2N4O2. The summed E-state index contributed by atoms with van der Waals surface area (Å²) in [6, 6.07) is 5.44. The van der Waals surface area contributed by atoms with E-state index in [4.69, 9.17) is 4.74 Å². The maximum absolute atomic E-state index is 13.0. The van der Waals surface area contributed by atoms with Gasteiger partial charge in [-0.15, -0.1) is 0 Å². The molecule has 0 fully saturated rings. The summed E-state index contributed by atoms with van der Waals surface area (Å²) in [5, 5.41) is 5.92. The summed E-state index contributed by atoms with van der Waals surface area (Å²) in [4.78, 5) is 12.4. The monoisotopic (exact) mass is 414 g/mol. The molecule has 0 radical (unpaired) electrons. The molecule has 30 heavy (non-hydrogen) atoms. The lowest BCUT2D eigenvalue weighted by Gasteiger charge is -2.44. The van der Waals surface area contributed by atoms with E-state index in [2.05, 4.69) is 30.9 Å². The van der Waals surface area contributed by atoms with E-state index in [0.29, 0.717) is 33.7 Å². The smallest absolute Gasteiger partial charge is 0.333 e. The van der Waals surface area contributed by atoms with Crippen LogP contribution in [0.5, 0.6) is 5.75 Å². The van der Waals surface area contributed by atoms with Crippen molar-refractivity contribution in [3.63, 3.8) is 0 Å². The minimum absolute atomic E-state index is 0.0378. The van der Waals surface area contributed by atoms with Crippen molar-refractivity contribution >= 4 is 0 Å². The molecular weight excluding hydrogens is 390 g/mol. The minimum Gasteiger partial charge on any atom is -0.496 e. The molecule has 3 heterocycles. The first-order valence-corrected chi connectivity index (χ1v) is 9.65. The summed E-state index contributed by atoms with van der Waals surface area (Å²) in [5.41, 5.74) is 4.28. The normalized spacial score (nSPS) is 13.4. The van der Waals surface area contributed by atoms with Crippen LogP contribution in [-0.4, -0.2) is 27.1 Å². The van der Waals surface area contributed by atoms with E-state index in [1.54, 1.807) is 13.0 Å². The van der Waals surface area contributed by atoms with Gasteiger partial charge >= 0.3 is 6.55 Å². The number of hydrogen-bond donors (Lipinski definition) is 0. The average molecular weight is 414 g/mol. The maximum Gasteiger partial charge on any atom is 0.333 e. The number of pyridine rings is 1. The van der Waals surface area contributed by atoms with Gasteiger partial charge in [0.05, 0.1) is 25.5 Å². The van der Waals surface area contributed by atoms with Gasteiger partial charge in [0.1, 0.15) is 5.75 Å². The van der Waals surface area contributed by atoms with Gasteiger partial charge in [0.15, 0.2) is 5.43 Å². The zero-order chi connectivity index (χ0) is 21.8. The van der Waals surface area contributed by atoms with Gasteiger partial charge in [-0.25, -0.2) is 4.68 Å². The highest BCUT2D eigenvalue weighted by Gasteiger charge is 2.30. The number of aryl methyl sites for hydroxylation is 1. The third kappa shape index (κ3) is 3.26. The van der Waals surface area contributed by atoms with Crippen molar-refractivity contribution in [1.29, 1.82) is 0 Å². The Kier molecular flexibility index (Phi) is 4.67. The first-order valence-electron chi connectivity index (χ1n) is 9.65. The SMILES string of the molecule is COc1cc2c(cc1-c1cnn(C(F)F)c1)CN(C(C)(C)C)n1cc(C)c(=O)cc1-2. The van der Waals surface area contributed by atoms with E-state index in [-0.39, 0.29) is 11.0 Å². The molecule has 3 aromatic rings. The number of rotatable bonds is 3. The van der Waals surface area contributed by atoms with Crippen LogP contribution in [0.3, 0.4) is 0 Å². The van der Waals surface area contributed by atoms with Crippen molar-refractivity contribution in [3.8, 4) is 28.1 Å². The molecule has 4 rings (SSSR count). The predicted octanol–water partition coefficient (Wildman–Crippen LogP) is 4.34. The Morgan fingerprint density at radius 2 is 1.87 bits per heavy atom. The minimum atomic E-state index is -2.71. The second-order valence-electron chi connectivity index (χ2n) is 8.48. The maximum atomic E-state index is 13.0. The largest absolute Gasteiger partial charge is 0.496 e. The topological polar surface area (TPSA) is 52.3 Å². The first-order chi connectivity index (χ1) is 14.1. The molecule has 0 saturated heterocycles. The first kappa shape index (κ1) is 20.1. The number of nitrogens with zero attached hydrogens (tertiary/aromatic N) is 4. The molecule has 0 aliphatic carbocycles. The summed E-state index contributed by atoms with van der Waals surface area (Å²) in [7, 11) is 1.54. The molecule has 0 unspecified atom stereocenters. The van der Waals surface area contributed by atoms with Gasteiger partial charge in [0.25, 0.3) is 0 Å². The Morgan fingerprint density at radius 3 is 2.47 bits per heavy atom. The van der Waals surface area contributed by atoms with Crippen molar-refractivity contribution in [1.82, 2.24) is 14.5 Å². The van der Waals surface area contributed by atoms with Crippen LogP contribution in [0, 0.1) is 6.92 Å². The Morgan fingerprint density at radius 1 is 1.13 bits per heavy atom. The average Bonchev–Trinajstić information content (AvgIpc) is 3.17. The summed E-state index contributed by atoms with van der Waals surface area (Å²) in [5.74, 6) is 0.534. The molecule has 1 aliphatic heterocycles. The Labute approximate surface area is 173 Å². The van der Waals surface area contributed by atoms with Crippen LogP contribution in [-0.2, 0) is 6.54 Å². The lowest BCUT2D eigenvalue weighted by molar-refractivity contribution is 0.0566. The molecule has 0 N–H and O–H groups in total. The molecule has 8 heteroatoms. The van der Waals surface area contributed by atoms with Gasteiger partial charge in [-0.05, 0) is 45.4 Å². The predicted molar refractivity (Wildman–Crippen MR) is 112 cm³/mol. The number of hydrogen-bond acceptors (Lipinski definition) is 4. The van der Waals surface area contributed by atoms with Crippen molar-refractivity contribution in [2.75, 3.05) is 12.1 Å². The molecule has 0 bridgehead atoms. The summed E-state index contributed by atoms with van der Waals surface area (Å²) >= 11 is 0. The molecule has 0 amide bonds. The highest BCUT2D eigenvalue weighted by molar-refractivity contribution is 5.78. The number of methoxy groups -OCH3 is 1. The van der Waals surface area contributed by atoms with Gasteiger partial charge in [0, 0.05) is 46.3 Å². The van der Waals surface area contributed by atoms with Crippen LogP contribution in [0.2, 0.25) is 0 Å². The number of alkyl halides is 2. The summed E-state index contributed by atoms with van der Waals surface area (Å²) in [6.07, 6.45) is 4.57. The fraction of sp³-hybridized carbons (Fsp3) is 0.364. The molecule has 0 atom stereocenters. The fourth-order valence-corrected chi connectivity index (χ4v) is 3.79. The van der Waals surface area contributed by atoms with Crippen LogP contribution >= 0.6 is 0 Å². The van der Waals surface area contributed by atoms with E-state index in [9.17, 15) is 13.6 Å². The highest BCUT2D eigenvalue weighted by atomic mass is 19.3. The van der Waals surface area contributed by atoms with Gasteiger partial charge in [-0.2, -0.15) is 13.9 Å². The van der Waals surface area contributed by atoms with Crippen LogP contribution in [0.15, 0.2) is 41.6 Å². The zero-order valence-corrected chi connectivity index (χ0v) is 17.6. The number of aromatic nitrogens is 3.